The summed E-state index contributed by atoms with van der Waals surface area (Å²) in [4.78, 5) is 23.6. The van der Waals surface area contributed by atoms with Crippen molar-refractivity contribution in [2.45, 2.75) is 58.3 Å². The predicted octanol–water partition coefficient (Wildman–Crippen LogP) is 1.01. The highest BCUT2D eigenvalue weighted by molar-refractivity contribution is 5.87. The summed E-state index contributed by atoms with van der Waals surface area (Å²) < 4.78 is 10.3. The van der Waals surface area contributed by atoms with Gasteiger partial charge in [-0.25, -0.2) is 4.79 Å². The van der Waals surface area contributed by atoms with Gasteiger partial charge in [0.1, 0.15) is 11.6 Å². The Labute approximate surface area is 102 Å². The Kier molecular flexibility index (Phi) is 3.81. The summed E-state index contributed by atoms with van der Waals surface area (Å²) in [5, 5.41) is 3.01. The van der Waals surface area contributed by atoms with E-state index < -0.39 is 23.1 Å². The largest absolute Gasteiger partial charge is 0.460 e. The van der Waals surface area contributed by atoms with Crippen LogP contribution in [-0.4, -0.2) is 35.7 Å². The minimum absolute atomic E-state index is 0.206. The maximum Gasteiger partial charge on any atom is 0.350 e. The number of hydrogen-bond acceptors (Lipinski definition) is 5. The second-order valence-electron chi connectivity index (χ2n) is 5.20. The van der Waals surface area contributed by atoms with Gasteiger partial charge in [-0.05, 0) is 34.2 Å². The van der Waals surface area contributed by atoms with Gasteiger partial charge in [0.2, 0.25) is 5.60 Å². The number of carbonyl (C=O) groups is 2. The van der Waals surface area contributed by atoms with Crippen LogP contribution in [-0.2, 0) is 19.1 Å². The molecule has 0 radical (unpaired) electrons. The smallest absolute Gasteiger partial charge is 0.350 e. The second kappa shape index (κ2) is 4.64. The van der Waals surface area contributed by atoms with Crippen molar-refractivity contribution < 1.29 is 19.1 Å². The summed E-state index contributed by atoms with van der Waals surface area (Å²) in [6, 6.07) is 0. The van der Waals surface area contributed by atoms with Gasteiger partial charge in [-0.1, -0.05) is 6.92 Å². The third-order valence-corrected chi connectivity index (χ3v) is 2.86. The van der Waals surface area contributed by atoms with Crippen LogP contribution in [0, 0.1) is 0 Å². The molecule has 0 aromatic heterocycles. The molecule has 0 saturated carbocycles. The molecule has 1 fully saturated rings. The lowest BCUT2D eigenvalue weighted by Crippen LogP contribution is -2.51. The fourth-order valence-electron chi connectivity index (χ4n) is 1.91. The third kappa shape index (κ3) is 2.97. The third-order valence-electron chi connectivity index (χ3n) is 2.86. The van der Waals surface area contributed by atoms with E-state index in [2.05, 4.69) is 5.32 Å². The molecule has 5 nitrogen and oxygen atoms in total. The molecule has 1 aliphatic rings. The Morgan fingerprint density at radius 1 is 1.65 bits per heavy atom. The molecule has 1 saturated heterocycles. The van der Waals surface area contributed by atoms with Gasteiger partial charge in [-0.2, -0.15) is 0 Å². The molecule has 5 heteroatoms. The average Bonchev–Trinajstić information content (AvgIpc) is 2.39. The quantitative estimate of drug-likeness (QED) is 0.747. The molecule has 1 N–H and O–H groups in total. The molecular weight excluding hydrogens is 222 g/mol. The van der Waals surface area contributed by atoms with E-state index in [1.54, 1.807) is 27.7 Å². The Bertz CT molecular complexity index is 326. The van der Waals surface area contributed by atoms with Crippen LogP contribution in [0.4, 0.5) is 0 Å². The van der Waals surface area contributed by atoms with Gasteiger partial charge in [0.05, 0.1) is 0 Å². The van der Waals surface area contributed by atoms with Crippen LogP contribution in [0.25, 0.3) is 0 Å². The highest BCUT2D eigenvalue weighted by Crippen LogP contribution is 2.30. The highest BCUT2D eigenvalue weighted by atomic mass is 16.6. The van der Waals surface area contributed by atoms with Crippen LogP contribution in [0.15, 0.2) is 0 Å². The number of cyclic esters (lactones) is 1. The van der Waals surface area contributed by atoms with Gasteiger partial charge in [0.25, 0.3) is 0 Å². The van der Waals surface area contributed by atoms with E-state index in [1.807, 2.05) is 6.92 Å². The van der Waals surface area contributed by atoms with E-state index in [1.165, 1.54) is 0 Å². The summed E-state index contributed by atoms with van der Waals surface area (Å²) >= 11 is 0. The summed E-state index contributed by atoms with van der Waals surface area (Å²) in [6.07, 6.45) is 0.197. The molecular formula is C12H21NO4. The van der Waals surface area contributed by atoms with E-state index >= 15 is 0 Å². The molecule has 0 amide bonds. The zero-order valence-electron chi connectivity index (χ0n) is 11.1. The lowest BCUT2D eigenvalue weighted by molar-refractivity contribution is -0.175. The van der Waals surface area contributed by atoms with Gasteiger partial charge in [0.15, 0.2) is 0 Å². The molecule has 0 aromatic rings. The first kappa shape index (κ1) is 14.0. The lowest BCUT2D eigenvalue weighted by atomic mass is 10.0. The molecule has 2 unspecified atom stereocenters. The summed E-state index contributed by atoms with van der Waals surface area (Å²) in [7, 11) is 0. The van der Waals surface area contributed by atoms with Crippen molar-refractivity contribution in [2.24, 2.45) is 0 Å². The monoisotopic (exact) mass is 243 g/mol. The Morgan fingerprint density at radius 2 is 2.24 bits per heavy atom. The van der Waals surface area contributed by atoms with E-state index in [9.17, 15) is 9.59 Å². The van der Waals surface area contributed by atoms with Crippen molar-refractivity contribution in [3.63, 3.8) is 0 Å². The van der Waals surface area contributed by atoms with Gasteiger partial charge in [0, 0.05) is 6.42 Å². The minimum Gasteiger partial charge on any atom is -0.460 e. The van der Waals surface area contributed by atoms with Crippen molar-refractivity contribution in [1.82, 2.24) is 5.32 Å². The first-order valence-corrected chi connectivity index (χ1v) is 5.91. The second-order valence-corrected chi connectivity index (χ2v) is 5.20. The number of ether oxygens (including phenoxy) is 2. The highest BCUT2D eigenvalue weighted by Gasteiger charge is 2.49. The lowest BCUT2D eigenvalue weighted by Gasteiger charge is -2.28. The van der Waals surface area contributed by atoms with E-state index in [-0.39, 0.29) is 6.10 Å². The maximum absolute atomic E-state index is 12.0. The fourth-order valence-corrected chi connectivity index (χ4v) is 1.91. The maximum atomic E-state index is 12.0. The predicted molar refractivity (Wildman–Crippen MR) is 62.4 cm³/mol. The topological polar surface area (TPSA) is 64.6 Å². The first-order chi connectivity index (χ1) is 7.71. The molecule has 17 heavy (non-hydrogen) atoms. The van der Waals surface area contributed by atoms with Crippen LogP contribution >= 0.6 is 0 Å². The Hall–Kier alpha value is -1.10. The van der Waals surface area contributed by atoms with Crippen molar-refractivity contribution >= 4 is 11.9 Å². The van der Waals surface area contributed by atoms with Crippen LogP contribution in [0.2, 0.25) is 0 Å². The molecule has 0 bridgehead atoms. The van der Waals surface area contributed by atoms with Gasteiger partial charge >= 0.3 is 11.9 Å². The molecule has 1 aliphatic heterocycles. The summed E-state index contributed by atoms with van der Waals surface area (Å²) in [6.45, 7) is 9.39. The number of carbonyl (C=O) groups excluding carboxylic acids is 2. The molecule has 1 rings (SSSR count). The standard InChI is InChI=1S/C12H21NO4/c1-6-13-11(3,4)9(14)17-12(5)7-8(2)16-10(12)15/h8,13H,6-7H2,1-5H3. The number of esters is 2. The summed E-state index contributed by atoms with van der Waals surface area (Å²) in [5.41, 5.74) is -1.95. The average molecular weight is 243 g/mol. The fraction of sp³-hybridized carbons (Fsp3) is 0.833. The Morgan fingerprint density at radius 3 is 2.65 bits per heavy atom. The number of likely N-dealkylation sites (N-methyl/N-ethyl adjacent to an activating group) is 1. The van der Waals surface area contributed by atoms with Crippen molar-refractivity contribution in [3.8, 4) is 0 Å². The van der Waals surface area contributed by atoms with Crippen LogP contribution in [0.3, 0.4) is 0 Å². The zero-order chi connectivity index (χ0) is 13.3. The molecule has 0 aromatic carbocycles. The van der Waals surface area contributed by atoms with Gasteiger partial charge in [-0.3, -0.25) is 4.79 Å². The van der Waals surface area contributed by atoms with Gasteiger partial charge < -0.3 is 14.8 Å². The van der Waals surface area contributed by atoms with E-state index in [0.717, 1.165) is 0 Å². The Balaban J connectivity index is 2.72. The molecule has 0 spiro atoms. The van der Waals surface area contributed by atoms with Crippen molar-refractivity contribution in [3.05, 3.63) is 0 Å². The summed E-state index contributed by atoms with van der Waals surface area (Å²) in [5.74, 6) is -0.904. The number of nitrogens with one attached hydrogen (secondary N) is 1. The first-order valence-electron chi connectivity index (χ1n) is 5.91. The minimum atomic E-state index is -1.15. The normalized spacial score (nSPS) is 29.0. The molecule has 98 valence electrons. The van der Waals surface area contributed by atoms with Crippen LogP contribution in [0.1, 0.15) is 41.0 Å². The number of hydrogen-bond donors (Lipinski definition) is 1. The molecule has 0 aliphatic carbocycles. The molecule has 1 heterocycles. The van der Waals surface area contributed by atoms with Crippen LogP contribution < -0.4 is 5.32 Å². The molecule has 2 atom stereocenters. The van der Waals surface area contributed by atoms with Crippen molar-refractivity contribution in [1.29, 1.82) is 0 Å². The van der Waals surface area contributed by atoms with Gasteiger partial charge in [-0.15, -0.1) is 0 Å². The van der Waals surface area contributed by atoms with E-state index in [0.29, 0.717) is 13.0 Å². The number of rotatable bonds is 4. The van der Waals surface area contributed by atoms with Crippen molar-refractivity contribution in [2.75, 3.05) is 6.54 Å². The van der Waals surface area contributed by atoms with E-state index in [4.69, 9.17) is 9.47 Å². The van der Waals surface area contributed by atoms with Crippen LogP contribution in [0.5, 0.6) is 0 Å². The SMILES string of the molecule is CCNC(C)(C)C(=O)OC1(C)CC(C)OC1=O. The zero-order valence-corrected chi connectivity index (χ0v) is 11.1.